The largest absolute Gasteiger partial charge is 0.573 e. The van der Waals surface area contributed by atoms with Crippen molar-refractivity contribution in [3.05, 3.63) is 29.3 Å². The van der Waals surface area contributed by atoms with Crippen LogP contribution in [0.4, 0.5) is 13.2 Å². The van der Waals surface area contributed by atoms with E-state index in [1.807, 2.05) is 13.8 Å². The molecule has 0 fully saturated rings. The van der Waals surface area contributed by atoms with Gasteiger partial charge in [-0.3, -0.25) is 4.57 Å². The van der Waals surface area contributed by atoms with Crippen LogP contribution >= 0.6 is 7.60 Å². The quantitative estimate of drug-likeness (QED) is 0.593. The van der Waals surface area contributed by atoms with Crippen molar-refractivity contribution < 1.29 is 41.1 Å². The molecule has 1 aliphatic rings. The number of hydrogen-bond donors (Lipinski definition) is 0. The second kappa shape index (κ2) is 7.33. The second-order valence-corrected chi connectivity index (χ2v) is 6.24. The summed E-state index contributed by atoms with van der Waals surface area (Å²) < 4.78 is 66.9. The Bertz CT molecular complexity index is 608. The van der Waals surface area contributed by atoms with Crippen molar-refractivity contribution in [3.63, 3.8) is 0 Å². The van der Waals surface area contributed by atoms with E-state index in [9.17, 15) is 22.5 Å². The van der Waals surface area contributed by atoms with Crippen molar-refractivity contribution in [2.75, 3.05) is 14.2 Å². The summed E-state index contributed by atoms with van der Waals surface area (Å²) in [4.78, 5) is 11.6. The van der Waals surface area contributed by atoms with Crippen LogP contribution in [0.3, 0.4) is 0 Å². The average molecular weight is 356 g/mol. The predicted octanol–water partition coefficient (Wildman–Crippen LogP) is 4.27. The van der Waals surface area contributed by atoms with E-state index in [1.165, 1.54) is 0 Å². The third-order valence-corrected chi connectivity index (χ3v) is 4.73. The summed E-state index contributed by atoms with van der Waals surface area (Å²) >= 11 is 0. The smallest absolute Gasteiger partial charge is 0.441 e. The summed E-state index contributed by atoms with van der Waals surface area (Å²) in [7, 11) is -1.70. The number of ether oxygens (including phenoxy) is 2. The van der Waals surface area contributed by atoms with Gasteiger partial charge in [0.25, 0.3) is 0 Å². The summed E-state index contributed by atoms with van der Waals surface area (Å²) in [5.74, 6) is -2.84. The number of esters is 1. The van der Waals surface area contributed by atoms with Crippen LogP contribution in [0.5, 0.6) is 5.75 Å². The number of carbonyl (C=O) groups excluding carboxylic acids is 1. The van der Waals surface area contributed by atoms with Crippen LogP contribution in [0, 0.1) is 0 Å². The van der Waals surface area contributed by atoms with Gasteiger partial charge in [-0.2, -0.15) is 0 Å². The van der Waals surface area contributed by atoms with Gasteiger partial charge < -0.3 is 18.5 Å². The fourth-order valence-corrected chi connectivity index (χ4v) is 3.17. The summed E-state index contributed by atoms with van der Waals surface area (Å²) in [5, 5.41) is 0. The first-order valence-electron chi connectivity index (χ1n) is 6.52. The first kappa shape index (κ1) is 19.5. The minimum absolute atomic E-state index is 0.0242. The zero-order chi connectivity index (χ0) is 17.8. The molecule has 1 heterocycles. The summed E-state index contributed by atoms with van der Waals surface area (Å²) in [6, 6.07) is 2.97. The Morgan fingerprint density at radius 2 is 1.74 bits per heavy atom. The van der Waals surface area contributed by atoms with Crippen LogP contribution in [-0.2, 0) is 18.3 Å². The molecule has 1 aliphatic heterocycles. The molecule has 0 N–H and O–H groups in total. The molecule has 1 unspecified atom stereocenters. The molecule has 0 amide bonds. The number of rotatable bonds is 4. The topological polar surface area (TPSA) is 71.1 Å². The van der Waals surface area contributed by atoms with Crippen LogP contribution < -0.4 is 4.74 Å². The Morgan fingerprint density at radius 3 is 2.22 bits per heavy atom. The van der Waals surface area contributed by atoms with Crippen LogP contribution in [0.25, 0.3) is 0 Å². The zero-order valence-electron chi connectivity index (χ0n) is 12.8. The Hall–Kier alpha value is -1.57. The number of alkyl halides is 3. The summed E-state index contributed by atoms with van der Waals surface area (Å²) in [6.07, 6.45) is -4.89. The fraction of sp³-hybridized carbons (Fsp3) is 0.462. The molecule has 10 heteroatoms. The van der Waals surface area contributed by atoms with Crippen LogP contribution in [-0.4, -0.2) is 26.6 Å². The molecule has 0 bridgehead atoms. The molecule has 0 saturated carbocycles. The Labute approximate surface area is 131 Å². The average Bonchev–Trinajstić information content (AvgIpc) is 2.84. The van der Waals surface area contributed by atoms with Crippen molar-refractivity contribution in [1.29, 1.82) is 0 Å². The minimum Gasteiger partial charge on any atom is -0.441 e. The Balaban J connectivity index is 0.00000127. The maximum absolute atomic E-state index is 12.3. The predicted molar refractivity (Wildman–Crippen MR) is 74.3 cm³/mol. The van der Waals surface area contributed by atoms with Crippen LogP contribution in [0.2, 0.25) is 0 Å². The van der Waals surface area contributed by atoms with Gasteiger partial charge in [-0.05, 0) is 18.2 Å². The minimum atomic E-state index is -4.89. The highest BCUT2D eigenvalue weighted by Gasteiger charge is 2.46. The molecule has 23 heavy (non-hydrogen) atoms. The van der Waals surface area contributed by atoms with Crippen molar-refractivity contribution in [2.24, 2.45) is 0 Å². The summed E-state index contributed by atoms with van der Waals surface area (Å²) in [6.45, 7) is 4.00. The molecular formula is C13H16F3O6P. The molecule has 130 valence electrons. The molecule has 0 saturated heterocycles. The lowest BCUT2D eigenvalue weighted by Gasteiger charge is -2.20. The van der Waals surface area contributed by atoms with E-state index in [2.05, 4.69) is 4.74 Å². The van der Waals surface area contributed by atoms with Gasteiger partial charge in [-0.1, -0.05) is 13.8 Å². The van der Waals surface area contributed by atoms with Gasteiger partial charge in [0.05, 0.1) is 5.56 Å². The molecule has 0 spiro atoms. The molecule has 0 radical (unpaired) electrons. The molecule has 0 aliphatic carbocycles. The van der Waals surface area contributed by atoms with E-state index in [0.29, 0.717) is 0 Å². The summed E-state index contributed by atoms with van der Waals surface area (Å²) in [5.41, 5.74) is -0.0716. The van der Waals surface area contributed by atoms with Crippen LogP contribution in [0.1, 0.15) is 35.6 Å². The van der Waals surface area contributed by atoms with E-state index < -0.39 is 31.5 Å². The van der Waals surface area contributed by atoms with Gasteiger partial charge >= 0.3 is 19.9 Å². The molecule has 2 rings (SSSR count). The Morgan fingerprint density at radius 1 is 1.17 bits per heavy atom. The van der Waals surface area contributed by atoms with E-state index >= 15 is 0 Å². The third kappa shape index (κ3) is 4.25. The van der Waals surface area contributed by atoms with Crippen molar-refractivity contribution >= 4 is 13.6 Å². The van der Waals surface area contributed by atoms with Gasteiger partial charge in [-0.25, -0.2) is 4.79 Å². The molecular weight excluding hydrogens is 340 g/mol. The van der Waals surface area contributed by atoms with Crippen molar-refractivity contribution in [2.45, 2.75) is 26.1 Å². The molecule has 1 aromatic rings. The third-order valence-electron chi connectivity index (χ3n) is 2.76. The highest BCUT2D eigenvalue weighted by atomic mass is 31.2. The van der Waals surface area contributed by atoms with E-state index in [1.54, 1.807) is 0 Å². The number of carbonyl (C=O) groups is 1. The first-order valence-corrected chi connectivity index (χ1v) is 8.13. The fourth-order valence-electron chi connectivity index (χ4n) is 1.86. The Kier molecular flexibility index (Phi) is 6.21. The van der Waals surface area contributed by atoms with Crippen molar-refractivity contribution in [1.82, 2.24) is 0 Å². The maximum Gasteiger partial charge on any atom is 0.573 e. The number of hydrogen-bond acceptors (Lipinski definition) is 6. The molecule has 6 nitrogen and oxygen atoms in total. The standard InChI is InChI=1S/C11H10F3O6P.C2H6/c1-17-21(16,18-2)10-8-5-6(20-11(12,13)14)3-4-7(8)9(15)19-10;1-2/h3-5,10H,1-2H3;1-2H3. The second-order valence-electron chi connectivity index (χ2n) is 3.96. The SMILES string of the molecule is CC.COP(=O)(OC)C1OC(=O)c2ccc(OC(F)(F)F)cc21. The normalized spacial score (nSPS) is 17.0. The number of halogens is 3. The number of cyclic esters (lactones) is 1. The molecule has 1 atom stereocenters. The molecule has 0 aromatic heterocycles. The lowest BCUT2D eigenvalue weighted by Crippen LogP contribution is -2.17. The van der Waals surface area contributed by atoms with Gasteiger partial charge in [-0.15, -0.1) is 13.2 Å². The van der Waals surface area contributed by atoms with Gasteiger partial charge in [0.2, 0.25) is 5.85 Å². The maximum atomic E-state index is 12.3. The first-order chi connectivity index (χ1) is 10.7. The van der Waals surface area contributed by atoms with Crippen LogP contribution in [0.15, 0.2) is 18.2 Å². The van der Waals surface area contributed by atoms with E-state index in [4.69, 9.17) is 13.8 Å². The zero-order valence-corrected chi connectivity index (χ0v) is 13.7. The lowest BCUT2D eigenvalue weighted by molar-refractivity contribution is -0.274. The number of benzene rings is 1. The van der Waals surface area contributed by atoms with E-state index in [0.717, 1.165) is 32.4 Å². The highest BCUT2D eigenvalue weighted by Crippen LogP contribution is 2.63. The van der Waals surface area contributed by atoms with Crippen molar-refractivity contribution in [3.8, 4) is 5.75 Å². The van der Waals surface area contributed by atoms with Gasteiger partial charge in [0.1, 0.15) is 5.75 Å². The van der Waals surface area contributed by atoms with E-state index in [-0.39, 0.29) is 11.1 Å². The monoisotopic (exact) mass is 356 g/mol. The van der Waals surface area contributed by atoms with Gasteiger partial charge in [0, 0.05) is 19.8 Å². The molecule has 1 aromatic carbocycles. The lowest BCUT2D eigenvalue weighted by atomic mass is 10.1. The number of fused-ring (bicyclic) bond motifs is 1. The van der Waals surface area contributed by atoms with Gasteiger partial charge in [0.15, 0.2) is 0 Å². The highest BCUT2D eigenvalue weighted by molar-refractivity contribution is 7.54.